The SMILES string of the molecule is CC(C)(C)c1ncc2nc(N)[nH]c2n1. The number of nitrogen functional groups attached to an aromatic ring is 1. The number of imidazole rings is 1. The van der Waals surface area contributed by atoms with Crippen molar-refractivity contribution in [3.05, 3.63) is 12.0 Å². The van der Waals surface area contributed by atoms with E-state index in [-0.39, 0.29) is 5.41 Å². The number of aromatic nitrogens is 4. The first-order chi connectivity index (χ1) is 6.47. The molecule has 0 spiro atoms. The molecule has 0 aromatic carbocycles. The van der Waals surface area contributed by atoms with Gasteiger partial charge in [-0.25, -0.2) is 15.0 Å². The van der Waals surface area contributed by atoms with Gasteiger partial charge in [-0.05, 0) is 0 Å². The monoisotopic (exact) mass is 191 g/mol. The maximum atomic E-state index is 5.52. The Morgan fingerprint density at radius 3 is 2.64 bits per heavy atom. The van der Waals surface area contributed by atoms with E-state index in [0.717, 1.165) is 5.82 Å². The maximum absolute atomic E-state index is 5.52. The third kappa shape index (κ3) is 1.41. The highest BCUT2D eigenvalue weighted by Gasteiger charge is 2.18. The summed E-state index contributed by atoms with van der Waals surface area (Å²) in [6.45, 7) is 6.19. The predicted molar refractivity (Wildman–Crippen MR) is 54.8 cm³/mol. The van der Waals surface area contributed by atoms with Crippen molar-refractivity contribution < 1.29 is 0 Å². The Hall–Kier alpha value is -1.65. The van der Waals surface area contributed by atoms with E-state index in [9.17, 15) is 0 Å². The Labute approximate surface area is 81.8 Å². The van der Waals surface area contributed by atoms with Gasteiger partial charge in [0.2, 0.25) is 0 Å². The highest BCUT2D eigenvalue weighted by Crippen LogP contribution is 2.19. The number of nitrogens with zero attached hydrogens (tertiary/aromatic N) is 3. The molecule has 0 amide bonds. The maximum Gasteiger partial charge on any atom is 0.199 e. The van der Waals surface area contributed by atoms with Gasteiger partial charge in [-0.15, -0.1) is 0 Å². The van der Waals surface area contributed by atoms with E-state index >= 15 is 0 Å². The molecule has 0 aliphatic carbocycles. The van der Waals surface area contributed by atoms with Gasteiger partial charge in [0.05, 0.1) is 6.20 Å². The van der Waals surface area contributed by atoms with Crippen molar-refractivity contribution >= 4 is 17.1 Å². The van der Waals surface area contributed by atoms with Crippen LogP contribution >= 0.6 is 0 Å². The van der Waals surface area contributed by atoms with Gasteiger partial charge in [-0.2, -0.15) is 0 Å². The molecule has 0 fully saturated rings. The number of hydrogen-bond donors (Lipinski definition) is 2. The Morgan fingerprint density at radius 1 is 1.29 bits per heavy atom. The van der Waals surface area contributed by atoms with Crippen molar-refractivity contribution in [2.24, 2.45) is 0 Å². The Morgan fingerprint density at radius 2 is 2.00 bits per heavy atom. The third-order valence-electron chi connectivity index (χ3n) is 1.93. The van der Waals surface area contributed by atoms with Crippen LogP contribution < -0.4 is 5.73 Å². The fourth-order valence-corrected chi connectivity index (χ4v) is 1.19. The van der Waals surface area contributed by atoms with Crippen LogP contribution in [0.4, 0.5) is 5.95 Å². The number of aromatic amines is 1. The normalized spacial score (nSPS) is 12.2. The fraction of sp³-hybridized carbons (Fsp3) is 0.444. The van der Waals surface area contributed by atoms with Crippen molar-refractivity contribution in [3.8, 4) is 0 Å². The van der Waals surface area contributed by atoms with E-state index in [0.29, 0.717) is 17.1 Å². The first-order valence-electron chi connectivity index (χ1n) is 4.45. The molecule has 0 aliphatic heterocycles. The molecule has 0 unspecified atom stereocenters. The predicted octanol–water partition coefficient (Wildman–Crippen LogP) is 1.23. The number of fused-ring (bicyclic) bond motifs is 1. The van der Waals surface area contributed by atoms with Crippen LogP contribution in [0.2, 0.25) is 0 Å². The lowest BCUT2D eigenvalue weighted by molar-refractivity contribution is 0.548. The molecule has 0 saturated carbocycles. The molecule has 2 aromatic rings. The first-order valence-corrected chi connectivity index (χ1v) is 4.45. The number of rotatable bonds is 0. The number of anilines is 1. The molecule has 14 heavy (non-hydrogen) atoms. The summed E-state index contributed by atoms with van der Waals surface area (Å²) in [6, 6.07) is 0. The Kier molecular flexibility index (Phi) is 1.70. The molecule has 2 heterocycles. The molecule has 5 nitrogen and oxygen atoms in total. The zero-order valence-corrected chi connectivity index (χ0v) is 8.50. The van der Waals surface area contributed by atoms with E-state index in [2.05, 4.69) is 40.7 Å². The molecular formula is C9H13N5. The topological polar surface area (TPSA) is 80.5 Å². The highest BCUT2D eigenvalue weighted by molar-refractivity contribution is 5.71. The van der Waals surface area contributed by atoms with E-state index in [4.69, 9.17) is 5.73 Å². The summed E-state index contributed by atoms with van der Waals surface area (Å²) in [5, 5.41) is 0. The standard InChI is InChI=1S/C9H13N5/c1-9(2,3)7-11-4-5-6(13-7)14-8(10)12-5/h4H,1-3H3,(H3,10,11,12,13,14). The average Bonchev–Trinajstić information content (AvgIpc) is 2.41. The van der Waals surface area contributed by atoms with Crippen molar-refractivity contribution in [2.45, 2.75) is 26.2 Å². The van der Waals surface area contributed by atoms with Crippen LogP contribution in [0.1, 0.15) is 26.6 Å². The highest BCUT2D eigenvalue weighted by atomic mass is 15.1. The van der Waals surface area contributed by atoms with Crippen molar-refractivity contribution in [1.82, 2.24) is 19.9 Å². The van der Waals surface area contributed by atoms with E-state index in [1.54, 1.807) is 6.20 Å². The second-order valence-electron chi connectivity index (χ2n) is 4.30. The lowest BCUT2D eigenvalue weighted by Gasteiger charge is -2.15. The van der Waals surface area contributed by atoms with Crippen LogP contribution in [0.5, 0.6) is 0 Å². The fourth-order valence-electron chi connectivity index (χ4n) is 1.19. The molecule has 0 atom stereocenters. The lowest BCUT2D eigenvalue weighted by atomic mass is 9.96. The molecule has 0 radical (unpaired) electrons. The average molecular weight is 191 g/mol. The second-order valence-corrected chi connectivity index (χ2v) is 4.30. The molecule has 5 heteroatoms. The molecule has 2 aromatic heterocycles. The van der Waals surface area contributed by atoms with Crippen LogP contribution in [0.25, 0.3) is 11.2 Å². The molecule has 2 rings (SSSR count). The van der Waals surface area contributed by atoms with E-state index in [1.165, 1.54) is 0 Å². The van der Waals surface area contributed by atoms with Crippen LogP contribution in [-0.2, 0) is 5.41 Å². The molecule has 3 N–H and O–H groups in total. The molecular weight excluding hydrogens is 178 g/mol. The van der Waals surface area contributed by atoms with Gasteiger partial charge >= 0.3 is 0 Å². The Balaban J connectivity index is 2.62. The zero-order valence-electron chi connectivity index (χ0n) is 8.50. The minimum Gasteiger partial charge on any atom is -0.369 e. The number of hydrogen-bond acceptors (Lipinski definition) is 4. The van der Waals surface area contributed by atoms with Crippen LogP contribution in [0, 0.1) is 0 Å². The van der Waals surface area contributed by atoms with E-state index in [1.807, 2.05) is 0 Å². The summed E-state index contributed by atoms with van der Waals surface area (Å²) in [5.74, 6) is 1.16. The molecule has 0 saturated heterocycles. The van der Waals surface area contributed by atoms with Crippen LogP contribution in [0.3, 0.4) is 0 Å². The Bertz CT molecular complexity index is 465. The summed E-state index contributed by atoms with van der Waals surface area (Å²) >= 11 is 0. The zero-order chi connectivity index (χ0) is 10.3. The van der Waals surface area contributed by atoms with E-state index < -0.39 is 0 Å². The number of nitrogens with two attached hydrogens (primary N) is 1. The quantitative estimate of drug-likeness (QED) is 0.656. The van der Waals surface area contributed by atoms with Crippen molar-refractivity contribution in [1.29, 1.82) is 0 Å². The summed E-state index contributed by atoms with van der Waals surface area (Å²) in [7, 11) is 0. The summed E-state index contributed by atoms with van der Waals surface area (Å²) in [5.41, 5.74) is 6.85. The first kappa shape index (κ1) is 8.93. The van der Waals surface area contributed by atoms with Crippen molar-refractivity contribution in [2.75, 3.05) is 5.73 Å². The number of H-pyrrole nitrogens is 1. The van der Waals surface area contributed by atoms with Crippen molar-refractivity contribution in [3.63, 3.8) is 0 Å². The molecule has 0 aliphatic rings. The van der Waals surface area contributed by atoms with Gasteiger partial charge in [0.25, 0.3) is 0 Å². The van der Waals surface area contributed by atoms with Gasteiger partial charge in [-0.1, -0.05) is 20.8 Å². The van der Waals surface area contributed by atoms with Crippen LogP contribution in [-0.4, -0.2) is 19.9 Å². The van der Waals surface area contributed by atoms with Gasteiger partial charge in [0.1, 0.15) is 11.3 Å². The lowest BCUT2D eigenvalue weighted by Crippen LogP contribution is -2.15. The van der Waals surface area contributed by atoms with Gasteiger partial charge in [-0.3, -0.25) is 0 Å². The summed E-state index contributed by atoms with van der Waals surface area (Å²) in [6.07, 6.45) is 1.69. The van der Waals surface area contributed by atoms with Gasteiger partial charge < -0.3 is 10.7 Å². The second kappa shape index (κ2) is 2.67. The number of nitrogens with one attached hydrogen (secondary N) is 1. The smallest absolute Gasteiger partial charge is 0.199 e. The minimum atomic E-state index is -0.0614. The van der Waals surface area contributed by atoms with Gasteiger partial charge in [0, 0.05) is 5.41 Å². The molecule has 74 valence electrons. The summed E-state index contributed by atoms with van der Waals surface area (Å²) in [4.78, 5) is 15.5. The third-order valence-corrected chi connectivity index (χ3v) is 1.93. The molecule has 0 bridgehead atoms. The minimum absolute atomic E-state index is 0.0614. The summed E-state index contributed by atoms with van der Waals surface area (Å²) < 4.78 is 0. The van der Waals surface area contributed by atoms with Crippen LogP contribution in [0.15, 0.2) is 6.20 Å². The van der Waals surface area contributed by atoms with Gasteiger partial charge in [0.15, 0.2) is 11.6 Å². The largest absolute Gasteiger partial charge is 0.369 e.